The first-order chi connectivity index (χ1) is 15.0. The second kappa shape index (κ2) is 8.19. The van der Waals surface area contributed by atoms with Crippen molar-refractivity contribution in [1.82, 2.24) is 30.0 Å². The minimum atomic E-state index is -0.349. The van der Waals surface area contributed by atoms with E-state index in [0.29, 0.717) is 28.8 Å². The Morgan fingerprint density at radius 1 is 1.39 bits per heavy atom. The molecule has 1 aliphatic carbocycles. The number of benzene rings is 1. The highest BCUT2D eigenvalue weighted by atomic mass is 127. The lowest BCUT2D eigenvalue weighted by Crippen LogP contribution is -2.39. The van der Waals surface area contributed by atoms with Gasteiger partial charge in [-0.2, -0.15) is 5.10 Å². The van der Waals surface area contributed by atoms with Crippen LogP contribution in [0.15, 0.2) is 30.6 Å². The van der Waals surface area contributed by atoms with E-state index < -0.39 is 0 Å². The molecule has 3 N–H and O–H groups in total. The smallest absolute Gasteiger partial charge is 0.255 e. The number of fused-ring (bicyclic) bond motifs is 2. The van der Waals surface area contributed by atoms with Crippen molar-refractivity contribution in [2.24, 2.45) is 7.05 Å². The summed E-state index contributed by atoms with van der Waals surface area (Å²) in [7, 11) is 1.92. The summed E-state index contributed by atoms with van der Waals surface area (Å²) in [5.41, 5.74) is 5.18. The standard InChI is InChI=1S/C22H23IN6O2/c1-29-18-7-12(9-23)5-6-15(18)19(28-29)17-11-25-21-20(27-17)16(10-24-21)22(31)26-13-3-2-4-14(30)8-13/h5-7,10-11,13-14,30H,2-4,8-9H2,1H3,(H,24,25)(H,26,31)/t13-,14-/m1/s1. The van der Waals surface area contributed by atoms with Crippen LogP contribution in [-0.2, 0) is 11.5 Å². The molecule has 3 heterocycles. The molecule has 1 amide bonds. The third-order valence-corrected chi connectivity index (χ3v) is 6.80. The van der Waals surface area contributed by atoms with Crippen LogP contribution in [0.1, 0.15) is 41.6 Å². The molecule has 0 aliphatic heterocycles. The quantitative estimate of drug-likeness (QED) is 0.277. The van der Waals surface area contributed by atoms with Gasteiger partial charge in [-0.3, -0.25) is 9.48 Å². The van der Waals surface area contributed by atoms with Crippen LogP contribution in [0.2, 0.25) is 0 Å². The SMILES string of the molecule is Cn1nc(-c2cnc3[nH]cc(C(=O)N[C@@H]4CCC[C@@H](O)C4)c3n2)c2ccc(CI)cc21. The van der Waals surface area contributed by atoms with Gasteiger partial charge < -0.3 is 15.4 Å². The molecule has 4 aromatic rings. The van der Waals surface area contributed by atoms with Crippen LogP contribution in [0.4, 0.5) is 0 Å². The first-order valence-corrected chi connectivity index (χ1v) is 11.9. The molecule has 0 bridgehead atoms. The molecule has 8 nitrogen and oxygen atoms in total. The fourth-order valence-corrected chi connectivity index (χ4v) is 4.79. The topological polar surface area (TPSA) is 109 Å². The molecule has 1 aromatic carbocycles. The summed E-state index contributed by atoms with van der Waals surface area (Å²) in [4.78, 5) is 25.2. The summed E-state index contributed by atoms with van der Waals surface area (Å²) >= 11 is 2.35. The van der Waals surface area contributed by atoms with E-state index in [1.165, 1.54) is 5.56 Å². The van der Waals surface area contributed by atoms with Crippen LogP contribution in [0.5, 0.6) is 0 Å². The summed E-state index contributed by atoms with van der Waals surface area (Å²) < 4.78 is 2.78. The average molecular weight is 530 g/mol. The first kappa shape index (κ1) is 20.4. The second-order valence-electron chi connectivity index (χ2n) is 8.10. The number of rotatable bonds is 4. The molecular weight excluding hydrogens is 507 g/mol. The molecule has 0 unspecified atom stereocenters. The number of aryl methyl sites for hydroxylation is 1. The van der Waals surface area contributed by atoms with Gasteiger partial charge in [0.25, 0.3) is 5.91 Å². The van der Waals surface area contributed by atoms with Crippen molar-refractivity contribution in [1.29, 1.82) is 0 Å². The van der Waals surface area contributed by atoms with E-state index in [1.54, 1.807) is 12.4 Å². The molecule has 1 aliphatic rings. The molecule has 3 aromatic heterocycles. The number of aromatic amines is 1. The van der Waals surface area contributed by atoms with Gasteiger partial charge in [0.1, 0.15) is 16.9 Å². The lowest BCUT2D eigenvalue weighted by Gasteiger charge is -2.26. The maximum absolute atomic E-state index is 12.9. The fourth-order valence-electron chi connectivity index (χ4n) is 4.31. The Morgan fingerprint density at radius 3 is 3.06 bits per heavy atom. The Morgan fingerprint density at radius 2 is 2.26 bits per heavy atom. The van der Waals surface area contributed by atoms with Crippen LogP contribution >= 0.6 is 22.6 Å². The van der Waals surface area contributed by atoms with Gasteiger partial charge in [0, 0.05) is 29.1 Å². The molecule has 0 radical (unpaired) electrons. The zero-order valence-electron chi connectivity index (χ0n) is 17.1. The van der Waals surface area contributed by atoms with Gasteiger partial charge in [0.2, 0.25) is 0 Å². The van der Waals surface area contributed by atoms with Crippen molar-refractivity contribution in [3.63, 3.8) is 0 Å². The number of H-pyrrole nitrogens is 1. The normalized spacial score (nSPS) is 19.2. The third-order valence-electron chi connectivity index (χ3n) is 5.92. The molecule has 2 atom stereocenters. The summed E-state index contributed by atoms with van der Waals surface area (Å²) in [6, 6.07) is 6.28. The van der Waals surface area contributed by atoms with E-state index >= 15 is 0 Å². The fraction of sp³-hybridized carbons (Fsp3) is 0.364. The van der Waals surface area contributed by atoms with Crippen molar-refractivity contribution in [2.75, 3.05) is 0 Å². The molecule has 9 heteroatoms. The van der Waals surface area contributed by atoms with Crippen LogP contribution in [0, 0.1) is 0 Å². The van der Waals surface area contributed by atoms with Crippen molar-refractivity contribution in [3.8, 4) is 11.4 Å². The predicted molar refractivity (Wildman–Crippen MR) is 127 cm³/mol. The number of aliphatic hydroxyl groups is 1. The first-order valence-electron chi connectivity index (χ1n) is 10.4. The largest absolute Gasteiger partial charge is 0.393 e. The number of carbonyl (C=O) groups is 1. The predicted octanol–water partition coefficient (Wildman–Crippen LogP) is 3.48. The molecule has 1 saturated carbocycles. The van der Waals surface area contributed by atoms with Crippen molar-refractivity contribution in [2.45, 2.75) is 42.3 Å². The van der Waals surface area contributed by atoms with Crippen molar-refractivity contribution < 1.29 is 9.90 Å². The minimum absolute atomic E-state index is 0.0239. The summed E-state index contributed by atoms with van der Waals surface area (Å²) in [6.45, 7) is 0. The Bertz CT molecular complexity index is 1280. The zero-order chi connectivity index (χ0) is 21.5. The maximum atomic E-state index is 12.9. The number of halogens is 1. The molecule has 1 fully saturated rings. The van der Waals surface area contributed by atoms with Crippen LogP contribution in [-0.4, -0.2) is 47.9 Å². The van der Waals surface area contributed by atoms with Gasteiger partial charge in [-0.25, -0.2) is 9.97 Å². The maximum Gasteiger partial charge on any atom is 0.255 e. The van der Waals surface area contributed by atoms with Crippen LogP contribution in [0.25, 0.3) is 33.5 Å². The molecule has 31 heavy (non-hydrogen) atoms. The van der Waals surface area contributed by atoms with Gasteiger partial charge in [0.15, 0.2) is 5.65 Å². The van der Waals surface area contributed by atoms with Gasteiger partial charge in [-0.1, -0.05) is 34.7 Å². The summed E-state index contributed by atoms with van der Waals surface area (Å²) in [5, 5.41) is 18.6. The molecule has 5 rings (SSSR count). The molecule has 0 spiro atoms. The Balaban J connectivity index is 1.51. The van der Waals surface area contributed by atoms with Gasteiger partial charge in [-0.05, 0) is 37.3 Å². The number of hydrogen-bond acceptors (Lipinski definition) is 5. The van der Waals surface area contributed by atoms with Crippen LogP contribution < -0.4 is 5.32 Å². The number of nitrogens with one attached hydrogen (secondary N) is 2. The number of hydrogen-bond donors (Lipinski definition) is 3. The Kier molecular flexibility index (Phi) is 5.39. The number of amides is 1. The zero-order valence-corrected chi connectivity index (χ0v) is 19.3. The van der Waals surface area contributed by atoms with Crippen molar-refractivity contribution in [3.05, 3.63) is 41.7 Å². The van der Waals surface area contributed by atoms with Gasteiger partial charge in [-0.15, -0.1) is 0 Å². The van der Waals surface area contributed by atoms with Crippen molar-refractivity contribution >= 4 is 50.6 Å². The summed E-state index contributed by atoms with van der Waals surface area (Å²) in [5.74, 6) is -0.200. The Labute approximate surface area is 192 Å². The highest BCUT2D eigenvalue weighted by molar-refractivity contribution is 14.1. The van der Waals surface area contributed by atoms with E-state index in [1.807, 2.05) is 11.7 Å². The number of aliphatic hydroxyl groups excluding tert-OH is 1. The van der Waals surface area contributed by atoms with Gasteiger partial charge >= 0.3 is 0 Å². The minimum Gasteiger partial charge on any atom is -0.393 e. The van der Waals surface area contributed by atoms with E-state index in [4.69, 9.17) is 4.98 Å². The number of nitrogens with zero attached hydrogens (tertiary/aromatic N) is 4. The number of aromatic nitrogens is 5. The average Bonchev–Trinajstić information content (AvgIpc) is 3.34. The van der Waals surface area contributed by atoms with Crippen LogP contribution in [0.3, 0.4) is 0 Å². The van der Waals surface area contributed by atoms with E-state index in [2.05, 4.69) is 61.2 Å². The number of alkyl halides is 1. The Hall–Kier alpha value is -2.53. The number of carbonyl (C=O) groups excluding carboxylic acids is 1. The molecule has 160 valence electrons. The van der Waals surface area contributed by atoms with Gasteiger partial charge in [0.05, 0.1) is 23.4 Å². The van der Waals surface area contributed by atoms with E-state index in [0.717, 1.165) is 40.3 Å². The summed E-state index contributed by atoms with van der Waals surface area (Å²) in [6.07, 6.45) is 6.16. The monoisotopic (exact) mass is 530 g/mol. The third kappa shape index (κ3) is 3.80. The van der Waals surface area contributed by atoms with E-state index in [-0.39, 0.29) is 18.1 Å². The highest BCUT2D eigenvalue weighted by Gasteiger charge is 2.24. The highest BCUT2D eigenvalue weighted by Crippen LogP contribution is 2.29. The molecular formula is C22H23IN6O2. The lowest BCUT2D eigenvalue weighted by atomic mass is 9.93. The van der Waals surface area contributed by atoms with E-state index in [9.17, 15) is 9.90 Å². The lowest BCUT2D eigenvalue weighted by molar-refractivity contribution is 0.0851. The molecule has 0 saturated heterocycles. The second-order valence-corrected chi connectivity index (χ2v) is 8.87.